The Morgan fingerprint density at radius 3 is 1.21 bits per heavy atom. The molecule has 4 rings (SSSR count). The molecule has 4 aromatic rings. The van der Waals surface area contributed by atoms with Crippen molar-refractivity contribution in [1.29, 1.82) is 0 Å². The second-order valence-electron chi connectivity index (χ2n) is 13.1. The van der Waals surface area contributed by atoms with Gasteiger partial charge >= 0.3 is 23.9 Å². The van der Waals surface area contributed by atoms with Crippen molar-refractivity contribution in [3.63, 3.8) is 0 Å². The molecule has 0 saturated carbocycles. The van der Waals surface area contributed by atoms with E-state index in [1.807, 2.05) is 6.07 Å². The van der Waals surface area contributed by atoms with Crippen molar-refractivity contribution < 1.29 is 52.5 Å². The first-order valence-corrected chi connectivity index (χ1v) is 18.4. The molecule has 304 valence electrons. The lowest BCUT2D eigenvalue weighted by Gasteiger charge is -2.24. The number of hydrogen-bond donors (Lipinski definition) is 4. The second kappa shape index (κ2) is 23.3. The number of nitrogens with two attached hydrogens (primary N) is 1. The quantitative estimate of drug-likeness (QED) is 0.0707. The van der Waals surface area contributed by atoms with Gasteiger partial charge in [-0.25, -0.2) is 4.79 Å². The molecule has 0 aromatic heterocycles. The van der Waals surface area contributed by atoms with Crippen LogP contribution in [0, 0.1) is 0 Å². The van der Waals surface area contributed by atoms with Gasteiger partial charge in [0, 0.05) is 0 Å². The highest BCUT2D eigenvalue weighted by molar-refractivity contribution is 5.96. The number of ether oxygens (including phenoxy) is 4. The van der Waals surface area contributed by atoms with Crippen molar-refractivity contribution >= 4 is 41.6 Å². The van der Waals surface area contributed by atoms with Crippen LogP contribution in [0.3, 0.4) is 0 Å². The molecule has 0 saturated heterocycles. The largest absolute Gasteiger partial charge is 0.461 e. The van der Waals surface area contributed by atoms with Gasteiger partial charge in [-0.3, -0.25) is 28.8 Å². The zero-order valence-electron chi connectivity index (χ0n) is 31.9. The fourth-order valence-corrected chi connectivity index (χ4v) is 5.18. The summed E-state index contributed by atoms with van der Waals surface area (Å²) in [7, 11) is 0. The Balaban J connectivity index is 1.43. The van der Waals surface area contributed by atoms with Crippen molar-refractivity contribution in [2.75, 3.05) is 0 Å². The fraction of sp³-hybridized carbons (Fsp3) is 0.279. The zero-order valence-corrected chi connectivity index (χ0v) is 31.9. The zero-order chi connectivity index (χ0) is 41.7. The van der Waals surface area contributed by atoms with Crippen LogP contribution in [-0.2, 0) is 78.9 Å². The summed E-state index contributed by atoms with van der Waals surface area (Å²) in [6, 6.07) is 29.1. The van der Waals surface area contributed by atoms with Crippen molar-refractivity contribution in [2.24, 2.45) is 5.73 Å². The molecule has 0 aliphatic heterocycles. The maximum atomic E-state index is 13.8. The Hall–Kier alpha value is -6.87. The smallest absolute Gasteiger partial charge is 0.329 e. The normalized spacial score (nSPS) is 12.7. The van der Waals surface area contributed by atoms with E-state index in [0.717, 1.165) is 5.56 Å². The summed E-state index contributed by atoms with van der Waals surface area (Å²) in [4.78, 5) is 91.7. The maximum absolute atomic E-state index is 13.8. The molecular formula is C43H46N4O11. The molecule has 3 amide bonds. The van der Waals surface area contributed by atoms with Gasteiger partial charge in [0.25, 0.3) is 0 Å². The van der Waals surface area contributed by atoms with Crippen LogP contribution >= 0.6 is 0 Å². The Bertz CT molecular complexity index is 1970. The first kappa shape index (κ1) is 43.9. The minimum Gasteiger partial charge on any atom is -0.461 e. The number of carbonyl (C=O) groups is 7. The van der Waals surface area contributed by atoms with Gasteiger partial charge < -0.3 is 40.6 Å². The third kappa shape index (κ3) is 15.7. The molecular weight excluding hydrogens is 748 g/mol. The molecule has 4 atom stereocenters. The predicted octanol–water partition coefficient (Wildman–Crippen LogP) is 2.93. The third-order valence-electron chi connectivity index (χ3n) is 8.40. The Morgan fingerprint density at radius 2 is 0.793 bits per heavy atom. The van der Waals surface area contributed by atoms with Gasteiger partial charge in [0.15, 0.2) is 0 Å². The first-order valence-electron chi connectivity index (χ1n) is 18.4. The van der Waals surface area contributed by atoms with E-state index in [-0.39, 0.29) is 26.4 Å². The number of rotatable bonds is 21. The first-order chi connectivity index (χ1) is 28.0. The topological polar surface area (TPSA) is 219 Å². The second-order valence-corrected chi connectivity index (χ2v) is 13.1. The molecule has 5 N–H and O–H groups in total. The van der Waals surface area contributed by atoms with E-state index in [9.17, 15) is 33.6 Å². The van der Waals surface area contributed by atoms with Gasteiger partial charge in [-0.05, 0) is 29.2 Å². The molecule has 0 bridgehead atoms. The van der Waals surface area contributed by atoms with Crippen molar-refractivity contribution in [1.82, 2.24) is 16.0 Å². The Labute approximate surface area is 335 Å². The van der Waals surface area contributed by atoms with Crippen LogP contribution in [0.5, 0.6) is 0 Å². The average Bonchev–Trinajstić information content (AvgIpc) is 3.24. The van der Waals surface area contributed by atoms with Crippen molar-refractivity contribution in [3.05, 3.63) is 144 Å². The van der Waals surface area contributed by atoms with Gasteiger partial charge in [-0.1, -0.05) is 121 Å². The maximum Gasteiger partial charge on any atom is 0.329 e. The number of amides is 3. The SMILES string of the molecule is C[C@H](NC(=O)[C@@H](N)CC(=O)OCc1ccccc1)C(=O)N[C@@H](CC(=O)OCc1ccccc1)C(=O)N[C@@H](CC(=O)OCc1ccccc1)C(=O)OCc1ccccc1. The van der Waals surface area contributed by atoms with E-state index in [1.54, 1.807) is 115 Å². The van der Waals surface area contributed by atoms with Gasteiger partial charge in [-0.15, -0.1) is 0 Å². The molecule has 0 spiro atoms. The Kier molecular flexibility index (Phi) is 17.6. The molecule has 58 heavy (non-hydrogen) atoms. The molecule has 0 heterocycles. The number of benzene rings is 4. The van der Waals surface area contributed by atoms with Gasteiger partial charge in [-0.2, -0.15) is 0 Å². The standard InChI is InChI=1S/C43H46N4O11/c1-29(45-41(52)34(44)22-37(48)55-25-30-14-6-2-7-15-30)40(51)46-35(23-38(49)56-26-31-16-8-3-9-17-31)42(53)47-36(43(54)58-28-33-20-12-5-13-21-33)24-39(50)57-27-32-18-10-4-11-19-32/h2-21,29,34-36H,22-28,44H2,1H3,(H,45,52)(H,46,51)(H,47,53)/t29-,34-,35-,36-/m0/s1. The summed E-state index contributed by atoms with van der Waals surface area (Å²) >= 11 is 0. The summed E-state index contributed by atoms with van der Waals surface area (Å²) in [6.45, 7) is 0.851. The lowest BCUT2D eigenvalue weighted by atomic mass is 10.1. The molecule has 15 heteroatoms. The molecule has 15 nitrogen and oxygen atoms in total. The number of esters is 4. The molecule has 0 fully saturated rings. The lowest BCUT2D eigenvalue weighted by Crippen LogP contribution is -2.57. The summed E-state index contributed by atoms with van der Waals surface area (Å²) in [5.74, 6) is -6.28. The summed E-state index contributed by atoms with van der Waals surface area (Å²) in [5, 5.41) is 7.20. The van der Waals surface area contributed by atoms with Crippen LogP contribution < -0.4 is 21.7 Å². The fourth-order valence-electron chi connectivity index (χ4n) is 5.18. The van der Waals surface area contributed by atoms with Crippen LogP contribution in [0.2, 0.25) is 0 Å². The summed E-state index contributed by atoms with van der Waals surface area (Å²) in [5.41, 5.74) is 8.64. The van der Waals surface area contributed by atoms with Gasteiger partial charge in [0.05, 0.1) is 25.3 Å². The average molecular weight is 795 g/mol. The minimum atomic E-state index is -1.67. The predicted molar refractivity (Wildman–Crippen MR) is 208 cm³/mol. The number of hydrogen-bond acceptors (Lipinski definition) is 12. The van der Waals surface area contributed by atoms with E-state index in [4.69, 9.17) is 24.7 Å². The molecule has 0 radical (unpaired) electrons. The highest BCUT2D eigenvalue weighted by Crippen LogP contribution is 2.10. The van der Waals surface area contributed by atoms with Crippen LogP contribution in [0.4, 0.5) is 0 Å². The molecule has 0 aliphatic rings. The van der Waals surface area contributed by atoms with Crippen LogP contribution in [0.1, 0.15) is 48.4 Å². The van der Waals surface area contributed by atoms with Crippen LogP contribution in [-0.4, -0.2) is 65.8 Å². The highest BCUT2D eigenvalue weighted by atomic mass is 16.5. The number of nitrogens with one attached hydrogen (secondary N) is 3. The highest BCUT2D eigenvalue weighted by Gasteiger charge is 2.33. The van der Waals surface area contributed by atoms with Gasteiger partial charge in [0.1, 0.15) is 44.6 Å². The van der Waals surface area contributed by atoms with E-state index in [1.165, 1.54) is 6.92 Å². The lowest BCUT2D eigenvalue weighted by molar-refractivity contribution is -0.155. The minimum absolute atomic E-state index is 0.0233. The van der Waals surface area contributed by atoms with Crippen molar-refractivity contribution in [2.45, 2.75) is 76.8 Å². The van der Waals surface area contributed by atoms with Crippen LogP contribution in [0.15, 0.2) is 121 Å². The summed E-state index contributed by atoms with van der Waals surface area (Å²) < 4.78 is 21.3. The molecule has 0 aliphatic carbocycles. The van der Waals surface area contributed by atoms with Crippen LogP contribution in [0.25, 0.3) is 0 Å². The van der Waals surface area contributed by atoms with Crippen molar-refractivity contribution in [3.8, 4) is 0 Å². The Morgan fingerprint density at radius 1 is 0.448 bits per heavy atom. The van der Waals surface area contributed by atoms with E-state index >= 15 is 0 Å². The monoisotopic (exact) mass is 794 g/mol. The summed E-state index contributed by atoms with van der Waals surface area (Å²) in [6.07, 6.45) is -1.84. The van der Waals surface area contributed by atoms with E-state index < -0.39 is 85.0 Å². The number of carbonyl (C=O) groups excluding carboxylic acids is 7. The van der Waals surface area contributed by atoms with E-state index in [2.05, 4.69) is 16.0 Å². The van der Waals surface area contributed by atoms with E-state index in [0.29, 0.717) is 16.7 Å². The molecule has 0 unspecified atom stereocenters. The molecule has 4 aromatic carbocycles. The van der Waals surface area contributed by atoms with Gasteiger partial charge in [0.2, 0.25) is 17.7 Å². The third-order valence-corrected chi connectivity index (χ3v) is 8.40.